The van der Waals surface area contributed by atoms with Gasteiger partial charge in [-0.25, -0.2) is 4.79 Å². The normalized spacial score (nSPS) is 20.8. The van der Waals surface area contributed by atoms with Gasteiger partial charge in [0.15, 0.2) is 0 Å². The van der Waals surface area contributed by atoms with Crippen LogP contribution in [0, 0.1) is 5.92 Å². The van der Waals surface area contributed by atoms with Crippen molar-refractivity contribution in [2.45, 2.75) is 32.7 Å². The molecule has 1 aliphatic rings. The van der Waals surface area contributed by atoms with Crippen LogP contribution in [-0.4, -0.2) is 53.3 Å². The van der Waals surface area contributed by atoms with E-state index < -0.39 is 23.3 Å². The highest BCUT2D eigenvalue weighted by molar-refractivity contribution is 6.17. The molecule has 1 aliphatic heterocycles. The lowest BCUT2D eigenvalue weighted by Gasteiger charge is -2.28. The molecule has 0 saturated heterocycles. The summed E-state index contributed by atoms with van der Waals surface area (Å²) in [6.45, 7) is 6.12. The van der Waals surface area contributed by atoms with E-state index in [1.165, 1.54) is 11.1 Å². The van der Waals surface area contributed by atoms with Gasteiger partial charge in [0.25, 0.3) is 0 Å². The van der Waals surface area contributed by atoms with E-state index in [0.29, 0.717) is 5.56 Å². The fourth-order valence-corrected chi connectivity index (χ4v) is 2.84. The Balaban J connectivity index is 2.36. The lowest BCUT2D eigenvalue weighted by molar-refractivity contribution is -0.120. The number of hydrogen-bond donors (Lipinski definition) is 3. The number of amides is 4. The Morgan fingerprint density at radius 3 is 2.46 bits per heavy atom. The number of hydrogen-bond acceptors (Lipinski definition) is 5. The molecule has 9 nitrogen and oxygen atoms in total. The molecule has 0 radical (unpaired) electrons. The minimum absolute atomic E-state index is 0.224. The predicted molar refractivity (Wildman–Crippen MR) is 107 cm³/mol. The van der Waals surface area contributed by atoms with Gasteiger partial charge in [0, 0.05) is 29.4 Å². The van der Waals surface area contributed by atoms with E-state index in [0.717, 1.165) is 0 Å². The molecule has 5 N–H and O–H groups in total. The molecule has 28 heavy (non-hydrogen) atoms. The highest BCUT2D eigenvalue weighted by Crippen LogP contribution is 2.19. The molecule has 1 heterocycles. The minimum Gasteiger partial charge on any atom is -0.369 e. The van der Waals surface area contributed by atoms with Crippen LogP contribution in [0.25, 0.3) is 0 Å². The van der Waals surface area contributed by atoms with Crippen LogP contribution in [0.4, 0.5) is 4.79 Å². The number of nitrogens with zero attached hydrogens (tertiary/aromatic N) is 3. The highest BCUT2D eigenvalue weighted by atomic mass is 16.2. The van der Waals surface area contributed by atoms with E-state index in [2.05, 4.69) is 15.5 Å². The van der Waals surface area contributed by atoms with Crippen molar-refractivity contribution in [2.75, 3.05) is 13.1 Å². The largest absolute Gasteiger partial charge is 0.369 e. The lowest BCUT2D eigenvalue weighted by Crippen LogP contribution is -2.49. The van der Waals surface area contributed by atoms with Crippen molar-refractivity contribution in [3.05, 3.63) is 35.4 Å². The summed E-state index contributed by atoms with van der Waals surface area (Å²) < 4.78 is 0. The third-order valence-electron chi connectivity index (χ3n) is 4.15. The van der Waals surface area contributed by atoms with Crippen LogP contribution in [0.3, 0.4) is 0 Å². The van der Waals surface area contributed by atoms with E-state index in [9.17, 15) is 14.4 Å². The zero-order valence-corrected chi connectivity index (χ0v) is 16.3. The van der Waals surface area contributed by atoms with Gasteiger partial charge in [0.2, 0.25) is 11.8 Å². The highest BCUT2D eigenvalue weighted by Gasteiger charge is 2.29. The van der Waals surface area contributed by atoms with Gasteiger partial charge in [-0.15, -0.1) is 0 Å². The van der Waals surface area contributed by atoms with Gasteiger partial charge in [-0.2, -0.15) is 10.2 Å². The molecule has 1 atom stereocenters. The first-order chi connectivity index (χ1) is 13.1. The third kappa shape index (κ3) is 5.38. The molecule has 0 bridgehead atoms. The zero-order valence-electron chi connectivity index (χ0n) is 16.3. The summed E-state index contributed by atoms with van der Waals surface area (Å²) in [5, 5.41) is 11.0. The maximum Gasteiger partial charge on any atom is 0.318 e. The summed E-state index contributed by atoms with van der Waals surface area (Å²) in [6.07, 6.45) is 1.71. The number of carbonyl (C=O) groups is 3. The first-order valence-corrected chi connectivity index (χ1v) is 8.95. The van der Waals surface area contributed by atoms with Crippen LogP contribution in [0.2, 0.25) is 0 Å². The van der Waals surface area contributed by atoms with Gasteiger partial charge in [0.1, 0.15) is 0 Å². The summed E-state index contributed by atoms with van der Waals surface area (Å²) in [6, 6.07) is 6.30. The lowest BCUT2D eigenvalue weighted by atomic mass is 9.90. The zero-order chi connectivity index (χ0) is 20.9. The van der Waals surface area contributed by atoms with Crippen molar-refractivity contribution in [2.24, 2.45) is 27.6 Å². The number of nitrogens with one attached hydrogen (secondary N) is 1. The molecule has 4 amide bonds. The Bertz CT molecular complexity index is 825. The van der Waals surface area contributed by atoms with E-state index in [-0.39, 0.29) is 36.8 Å². The molecule has 0 saturated carbocycles. The molecule has 1 aromatic carbocycles. The van der Waals surface area contributed by atoms with Gasteiger partial charge < -0.3 is 21.7 Å². The minimum atomic E-state index is -0.833. The fourth-order valence-electron chi connectivity index (χ4n) is 2.84. The number of carbonyl (C=O) groups excluding carboxylic acids is 3. The maximum absolute atomic E-state index is 12.5. The van der Waals surface area contributed by atoms with E-state index >= 15 is 0 Å². The fraction of sp³-hybridized carbons (Fsp3) is 0.421. The van der Waals surface area contributed by atoms with Crippen LogP contribution in [-0.2, 0) is 4.79 Å². The molecular formula is C19H26N6O3. The average molecular weight is 386 g/mol. The van der Waals surface area contributed by atoms with E-state index in [1.807, 2.05) is 20.8 Å². The Morgan fingerprint density at radius 1 is 1.18 bits per heavy atom. The van der Waals surface area contributed by atoms with Crippen molar-refractivity contribution >= 4 is 29.8 Å². The second kappa shape index (κ2) is 8.64. The number of urea groups is 1. The van der Waals surface area contributed by atoms with Crippen molar-refractivity contribution < 1.29 is 14.4 Å². The number of benzene rings is 1. The monoisotopic (exact) mass is 386 g/mol. The molecule has 150 valence electrons. The molecule has 1 aromatic rings. The molecule has 0 aromatic heterocycles. The van der Waals surface area contributed by atoms with Crippen molar-refractivity contribution in [1.82, 2.24) is 10.2 Å². The first-order valence-electron chi connectivity index (χ1n) is 8.95. The maximum atomic E-state index is 12.5. The van der Waals surface area contributed by atoms with Crippen LogP contribution in [0.15, 0.2) is 34.5 Å². The number of nitrogens with two attached hydrogens (primary N) is 2. The van der Waals surface area contributed by atoms with Crippen LogP contribution >= 0.6 is 0 Å². The molecule has 2 rings (SSSR count). The van der Waals surface area contributed by atoms with Crippen LogP contribution in [0.5, 0.6) is 0 Å². The summed E-state index contributed by atoms with van der Waals surface area (Å²) in [7, 11) is 0. The van der Waals surface area contributed by atoms with Gasteiger partial charge >= 0.3 is 6.03 Å². The Kier molecular flexibility index (Phi) is 6.50. The van der Waals surface area contributed by atoms with Crippen molar-refractivity contribution in [3.63, 3.8) is 0 Å². The number of rotatable bonds is 3. The topological polar surface area (TPSA) is 143 Å². The standard InChI is InChI=1S/C19H26N6O3/c1-19(2,3)23-18(28)25-10-8-14(17(21)27)15(24-22-9-11-25)12-6-4-5-7-13(12)16(20)26/h4-7,9,14H,8,10-11H2,1-3H3,(H2,20,26)(H2,21,27)(H,23,28)/b22-9-,24-15+. The van der Waals surface area contributed by atoms with Gasteiger partial charge in [-0.05, 0) is 33.3 Å². The molecular weight excluding hydrogens is 360 g/mol. The Morgan fingerprint density at radius 2 is 1.86 bits per heavy atom. The first kappa shape index (κ1) is 21.1. The molecule has 0 spiro atoms. The quantitative estimate of drug-likeness (QED) is 0.709. The van der Waals surface area contributed by atoms with E-state index in [4.69, 9.17) is 11.5 Å². The van der Waals surface area contributed by atoms with E-state index in [1.54, 1.807) is 24.3 Å². The second-order valence-electron chi connectivity index (χ2n) is 7.56. The summed E-state index contributed by atoms with van der Waals surface area (Å²) in [4.78, 5) is 38.0. The Hall–Kier alpha value is -3.23. The summed E-state index contributed by atoms with van der Waals surface area (Å²) in [5.41, 5.74) is 11.6. The van der Waals surface area contributed by atoms with Gasteiger partial charge in [-0.3, -0.25) is 9.59 Å². The third-order valence-corrected chi connectivity index (χ3v) is 4.15. The smallest absolute Gasteiger partial charge is 0.318 e. The van der Waals surface area contributed by atoms with Gasteiger partial charge in [0.05, 0.1) is 18.2 Å². The molecule has 0 fully saturated rings. The number of primary amides is 2. The summed E-state index contributed by atoms with van der Waals surface area (Å²) in [5.74, 6) is -2.09. The van der Waals surface area contributed by atoms with Crippen molar-refractivity contribution in [1.29, 1.82) is 0 Å². The molecule has 1 unspecified atom stereocenters. The SMILES string of the molecule is CC(C)(C)NC(=O)N1C/C=N\N=C(/c2ccccc2C(N)=O)C(C(N)=O)CC1. The second-order valence-corrected chi connectivity index (χ2v) is 7.56. The van der Waals surface area contributed by atoms with Crippen LogP contribution in [0.1, 0.15) is 43.1 Å². The average Bonchev–Trinajstić information content (AvgIpc) is 2.70. The van der Waals surface area contributed by atoms with Crippen LogP contribution < -0.4 is 16.8 Å². The molecule has 0 aliphatic carbocycles. The molecule has 9 heteroatoms. The predicted octanol–water partition coefficient (Wildman–Crippen LogP) is 0.876. The van der Waals surface area contributed by atoms with Gasteiger partial charge in [-0.1, -0.05) is 18.2 Å². The Labute approximate surface area is 163 Å². The van der Waals surface area contributed by atoms with Crippen molar-refractivity contribution in [3.8, 4) is 0 Å². The summed E-state index contributed by atoms with van der Waals surface area (Å²) >= 11 is 0.